The van der Waals surface area contributed by atoms with Crippen LogP contribution < -0.4 is 31.8 Å². The molecule has 0 saturated carbocycles. The third kappa shape index (κ3) is 4.25. The molecule has 0 aliphatic heterocycles. The molecule has 3 heteroatoms. The quantitative estimate of drug-likeness (QED) is 0.198. The molecular formula is C38H30OP2. The Kier molecular flexibility index (Phi) is 6.44. The smallest absolute Gasteiger partial charge is 0.135 e. The molecule has 1 nitrogen and oxygen atoms in total. The van der Waals surface area contributed by atoms with Crippen molar-refractivity contribution in [1.82, 2.24) is 0 Å². The van der Waals surface area contributed by atoms with Gasteiger partial charge < -0.3 is 4.42 Å². The topological polar surface area (TPSA) is 13.1 Å². The standard InChI is InChI=1S/C38H30OP2/c1-40(29-15-7-3-8-16-29,30-17-9-4-10-18-30)33-23-25-37-35(27-33)36-28-34(24-26-38(36)39-37)41(2,31-19-11-5-12-20-31)32-21-13-6-14-22-32/h3-28H,1-2H2. The van der Waals surface area contributed by atoms with E-state index in [1.807, 2.05) is 0 Å². The van der Waals surface area contributed by atoms with Crippen molar-refractivity contribution >= 4 is 80.1 Å². The van der Waals surface area contributed by atoms with E-state index in [9.17, 15) is 0 Å². The normalized spacial score (nSPS) is 12.1. The van der Waals surface area contributed by atoms with Gasteiger partial charge in [0.2, 0.25) is 0 Å². The van der Waals surface area contributed by atoms with Crippen LogP contribution in [0.2, 0.25) is 0 Å². The zero-order chi connectivity index (χ0) is 27.9. The average Bonchev–Trinajstić information content (AvgIpc) is 3.43. The molecule has 6 aromatic carbocycles. The van der Waals surface area contributed by atoms with Crippen molar-refractivity contribution in [2.75, 3.05) is 0 Å². The molecule has 0 fully saturated rings. The van der Waals surface area contributed by atoms with E-state index >= 15 is 0 Å². The highest BCUT2D eigenvalue weighted by Crippen LogP contribution is 2.45. The van der Waals surface area contributed by atoms with Crippen LogP contribution in [0.1, 0.15) is 0 Å². The summed E-state index contributed by atoms with van der Waals surface area (Å²) in [6.07, 6.45) is 9.93. The van der Waals surface area contributed by atoms with E-state index in [-0.39, 0.29) is 0 Å². The largest absolute Gasteiger partial charge is 0.456 e. The van der Waals surface area contributed by atoms with Crippen molar-refractivity contribution in [2.24, 2.45) is 0 Å². The van der Waals surface area contributed by atoms with Gasteiger partial charge in [-0.25, -0.2) is 0 Å². The number of hydrogen-bond acceptors (Lipinski definition) is 1. The van der Waals surface area contributed by atoms with Gasteiger partial charge in [-0.2, -0.15) is 0 Å². The Morgan fingerprint density at radius 3 is 0.927 bits per heavy atom. The Labute approximate surface area is 241 Å². The molecule has 198 valence electrons. The Balaban J connectivity index is 1.47. The van der Waals surface area contributed by atoms with Gasteiger partial charge >= 0.3 is 0 Å². The van der Waals surface area contributed by atoms with Gasteiger partial charge in [-0.15, -0.1) is 0 Å². The maximum absolute atomic E-state index is 6.39. The fourth-order valence-corrected chi connectivity index (χ4v) is 11.7. The predicted molar refractivity (Wildman–Crippen MR) is 185 cm³/mol. The lowest BCUT2D eigenvalue weighted by Crippen LogP contribution is -2.25. The number of hydrogen-bond donors (Lipinski definition) is 0. The second-order valence-electron chi connectivity index (χ2n) is 10.4. The van der Waals surface area contributed by atoms with Crippen LogP contribution in [-0.2, 0) is 0 Å². The highest BCUT2D eigenvalue weighted by molar-refractivity contribution is 7.93. The van der Waals surface area contributed by atoms with E-state index < -0.39 is 13.8 Å². The van der Waals surface area contributed by atoms with Gasteiger partial charge in [0.25, 0.3) is 0 Å². The monoisotopic (exact) mass is 564 g/mol. The van der Waals surface area contributed by atoms with E-state index in [2.05, 4.69) is 158 Å². The lowest BCUT2D eigenvalue weighted by molar-refractivity contribution is 0.669. The predicted octanol–water partition coefficient (Wildman–Crippen LogP) is 7.04. The fourth-order valence-electron chi connectivity index (χ4n) is 5.85. The summed E-state index contributed by atoms with van der Waals surface area (Å²) in [5.74, 6) is 0. The first-order valence-corrected chi connectivity index (χ1v) is 17.7. The van der Waals surface area contributed by atoms with E-state index in [1.54, 1.807) is 0 Å². The molecule has 7 aromatic rings. The first-order chi connectivity index (χ1) is 20.1. The Hall–Kier alpha value is -4.28. The van der Waals surface area contributed by atoms with Crippen LogP contribution in [0.4, 0.5) is 0 Å². The molecule has 0 radical (unpaired) electrons. The maximum atomic E-state index is 6.39. The Morgan fingerprint density at radius 2 is 0.634 bits per heavy atom. The third-order valence-corrected chi connectivity index (χ3v) is 15.1. The minimum Gasteiger partial charge on any atom is -0.456 e. The van der Waals surface area contributed by atoms with Crippen LogP contribution in [0.3, 0.4) is 0 Å². The Morgan fingerprint density at radius 1 is 0.341 bits per heavy atom. The molecule has 0 N–H and O–H groups in total. The summed E-state index contributed by atoms with van der Waals surface area (Å²) in [6, 6.07) is 56.2. The molecule has 0 saturated heterocycles. The second kappa shape index (κ2) is 10.3. The number of furan rings is 1. The number of rotatable bonds is 6. The third-order valence-electron chi connectivity index (χ3n) is 8.11. The van der Waals surface area contributed by atoms with Gasteiger partial charge in [-0.1, -0.05) is 146 Å². The van der Waals surface area contributed by atoms with Crippen molar-refractivity contribution in [3.63, 3.8) is 0 Å². The fraction of sp³-hybridized carbons (Fsp3) is 0. The van der Waals surface area contributed by atoms with Crippen molar-refractivity contribution in [2.45, 2.75) is 0 Å². The van der Waals surface area contributed by atoms with Gasteiger partial charge in [0.05, 0.1) is 0 Å². The van der Waals surface area contributed by atoms with Gasteiger partial charge in [0.1, 0.15) is 11.2 Å². The Bertz CT molecular complexity index is 1840. The lowest BCUT2D eigenvalue weighted by Gasteiger charge is -2.27. The van der Waals surface area contributed by atoms with Gasteiger partial charge in [0.15, 0.2) is 0 Å². The zero-order valence-electron chi connectivity index (χ0n) is 22.7. The molecule has 0 aliphatic rings. The van der Waals surface area contributed by atoms with Crippen LogP contribution in [0.15, 0.2) is 162 Å². The first-order valence-electron chi connectivity index (χ1n) is 13.8. The molecule has 0 spiro atoms. The SMILES string of the molecule is C=P(c1ccccc1)(c1ccccc1)c1ccc2oc3ccc(P(=C)(c4ccccc4)c4ccccc4)cc3c2c1. The van der Waals surface area contributed by atoms with Crippen molar-refractivity contribution < 1.29 is 4.42 Å². The second-order valence-corrected chi connectivity index (χ2v) is 16.8. The minimum absolute atomic E-state index is 0.890. The molecule has 0 bridgehead atoms. The summed E-state index contributed by atoms with van der Waals surface area (Å²) in [4.78, 5) is 0. The summed E-state index contributed by atoms with van der Waals surface area (Å²) >= 11 is 0. The lowest BCUT2D eigenvalue weighted by atomic mass is 10.1. The van der Waals surface area contributed by atoms with E-state index in [0.29, 0.717) is 0 Å². The van der Waals surface area contributed by atoms with Gasteiger partial charge in [-0.3, -0.25) is 0 Å². The highest BCUT2D eigenvalue weighted by atomic mass is 31.2. The molecule has 7 rings (SSSR count). The number of benzene rings is 6. The summed E-state index contributed by atoms with van der Waals surface area (Å²) in [6.45, 7) is -4.24. The summed E-state index contributed by atoms with van der Waals surface area (Å²) in [5.41, 5.74) is 1.78. The molecular weight excluding hydrogens is 534 g/mol. The van der Waals surface area contributed by atoms with E-state index in [0.717, 1.165) is 21.9 Å². The summed E-state index contributed by atoms with van der Waals surface area (Å²) < 4.78 is 6.39. The van der Waals surface area contributed by atoms with Crippen LogP contribution in [0.25, 0.3) is 21.9 Å². The van der Waals surface area contributed by atoms with E-state index in [1.165, 1.54) is 31.8 Å². The van der Waals surface area contributed by atoms with Crippen molar-refractivity contribution in [3.05, 3.63) is 158 Å². The average molecular weight is 565 g/mol. The first kappa shape index (κ1) is 25.7. The van der Waals surface area contributed by atoms with E-state index in [4.69, 9.17) is 17.0 Å². The number of fused-ring (bicyclic) bond motifs is 3. The summed E-state index contributed by atoms with van der Waals surface area (Å²) in [7, 11) is 0. The highest BCUT2D eigenvalue weighted by Gasteiger charge is 2.25. The molecule has 0 unspecified atom stereocenters. The molecule has 1 aromatic heterocycles. The van der Waals surface area contributed by atoms with Crippen molar-refractivity contribution in [3.8, 4) is 0 Å². The molecule has 41 heavy (non-hydrogen) atoms. The summed E-state index contributed by atoms with van der Waals surface area (Å²) in [5, 5.41) is 9.74. The minimum atomic E-state index is -2.12. The van der Waals surface area contributed by atoms with Crippen LogP contribution >= 0.6 is 13.8 Å². The van der Waals surface area contributed by atoms with Gasteiger partial charge in [0, 0.05) is 10.8 Å². The maximum Gasteiger partial charge on any atom is 0.135 e. The van der Waals surface area contributed by atoms with Crippen molar-refractivity contribution in [1.29, 1.82) is 0 Å². The van der Waals surface area contributed by atoms with Crippen LogP contribution in [-0.4, -0.2) is 12.6 Å². The van der Waals surface area contributed by atoms with Gasteiger partial charge in [-0.05, 0) is 69.9 Å². The molecule has 1 heterocycles. The molecule has 0 atom stereocenters. The van der Waals surface area contributed by atoms with Crippen LogP contribution in [0.5, 0.6) is 0 Å². The zero-order valence-corrected chi connectivity index (χ0v) is 24.5. The molecule has 0 amide bonds. The van der Waals surface area contributed by atoms with Crippen LogP contribution in [0, 0.1) is 0 Å². The molecule has 0 aliphatic carbocycles.